The van der Waals surface area contributed by atoms with Gasteiger partial charge in [0.1, 0.15) is 5.71 Å². The highest BCUT2D eigenvalue weighted by Crippen LogP contribution is 2.02. The maximum atomic E-state index is 11.1. The van der Waals surface area contributed by atoms with Crippen molar-refractivity contribution in [2.45, 2.75) is 0 Å². The molecule has 0 aromatic rings. The van der Waals surface area contributed by atoms with Crippen molar-refractivity contribution in [3.8, 4) is 0 Å². The summed E-state index contributed by atoms with van der Waals surface area (Å²) in [5, 5.41) is 13.9. The second-order valence-corrected chi connectivity index (χ2v) is 2.20. The van der Waals surface area contributed by atoms with Crippen molar-refractivity contribution in [1.29, 1.82) is 0 Å². The van der Waals surface area contributed by atoms with Crippen LogP contribution in [-0.2, 0) is 4.79 Å². The number of hydrogen-bond donors (Lipinski definition) is 2. The standard InChI is InChI=1S/C7H9N3O2/c1-8-7(11)5-2-3-9-4-6(5)10-12/h2-3,12H,4H2,1H3,(H,8,11). The van der Waals surface area contributed by atoms with E-state index in [9.17, 15) is 4.79 Å². The lowest BCUT2D eigenvalue weighted by atomic mass is 10.1. The van der Waals surface area contributed by atoms with Gasteiger partial charge in [0, 0.05) is 13.3 Å². The fraction of sp³-hybridized carbons (Fsp3) is 0.286. The molecule has 64 valence electrons. The van der Waals surface area contributed by atoms with E-state index < -0.39 is 0 Å². The smallest absolute Gasteiger partial charge is 0.253 e. The van der Waals surface area contributed by atoms with E-state index in [0.717, 1.165) is 0 Å². The van der Waals surface area contributed by atoms with E-state index in [2.05, 4.69) is 15.5 Å². The Kier molecular flexibility index (Phi) is 2.57. The summed E-state index contributed by atoms with van der Waals surface area (Å²) in [6.45, 7) is 0.246. The maximum absolute atomic E-state index is 11.1. The van der Waals surface area contributed by atoms with Gasteiger partial charge in [-0.05, 0) is 6.08 Å². The molecule has 0 bridgehead atoms. The monoisotopic (exact) mass is 167 g/mol. The van der Waals surface area contributed by atoms with Gasteiger partial charge in [0.05, 0.1) is 12.1 Å². The van der Waals surface area contributed by atoms with Crippen LogP contribution in [0.2, 0.25) is 0 Å². The predicted molar refractivity (Wildman–Crippen MR) is 44.7 cm³/mol. The fourth-order valence-electron chi connectivity index (χ4n) is 0.875. The molecule has 1 amide bonds. The molecule has 1 aliphatic heterocycles. The van der Waals surface area contributed by atoms with Gasteiger partial charge >= 0.3 is 0 Å². The fourth-order valence-corrected chi connectivity index (χ4v) is 0.875. The first-order valence-corrected chi connectivity index (χ1v) is 3.43. The van der Waals surface area contributed by atoms with E-state index in [1.807, 2.05) is 0 Å². The minimum absolute atomic E-state index is 0.246. The predicted octanol–water partition coefficient (Wildman–Crippen LogP) is -0.427. The van der Waals surface area contributed by atoms with Crippen molar-refractivity contribution in [2.75, 3.05) is 13.6 Å². The Morgan fingerprint density at radius 1 is 1.83 bits per heavy atom. The molecule has 1 aliphatic rings. The van der Waals surface area contributed by atoms with Crippen molar-refractivity contribution in [3.05, 3.63) is 11.6 Å². The maximum Gasteiger partial charge on any atom is 0.253 e. The molecule has 0 atom stereocenters. The van der Waals surface area contributed by atoms with E-state index in [1.54, 1.807) is 0 Å². The largest absolute Gasteiger partial charge is 0.411 e. The minimum atomic E-state index is -0.269. The van der Waals surface area contributed by atoms with Gasteiger partial charge < -0.3 is 10.5 Å². The van der Waals surface area contributed by atoms with Gasteiger partial charge in [-0.25, -0.2) is 0 Å². The summed E-state index contributed by atoms with van der Waals surface area (Å²) in [4.78, 5) is 14.9. The van der Waals surface area contributed by atoms with Crippen molar-refractivity contribution in [1.82, 2.24) is 5.32 Å². The molecule has 2 N–H and O–H groups in total. The number of aliphatic imine (C=N–C) groups is 1. The van der Waals surface area contributed by atoms with Gasteiger partial charge in [0.2, 0.25) is 0 Å². The number of carbonyl (C=O) groups is 1. The molecule has 0 saturated carbocycles. The number of nitrogens with one attached hydrogen (secondary N) is 1. The van der Waals surface area contributed by atoms with E-state index in [4.69, 9.17) is 5.21 Å². The molecule has 0 unspecified atom stereocenters. The zero-order valence-electron chi connectivity index (χ0n) is 6.61. The Morgan fingerprint density at radius 2 is 2.58 bits per heavy atom. The average Bonchev–Trinajstić information content (AvgIpc) is 2.16. The highest BCUT2D eigenvalue weighted by atomic mass is 16.4. The lowest BCUT2D eigenvalue weighted by molar-refractivity contribution is -0.116. The Bertz CT molecular complexity index is 278. The second-order valence-electron chi connectivity index (χ2n) is 2.20. The van der Waals surface area contributed by atoms with Gasteiger partial charge in [0.25, 0.3) is 5.91 Å². The van der Waals surface area contributed by atoms with E-state index >= 15 is 0 Å². The van der Waals surface area contributed by atoms with Gasteiger partial charge in [0.15, 0.2) is 0 Å². The molecule has 0 aromatic heterocycles. The zero-order chi connectivity index (χ0) is 8.97. The average molecular weight is 167 g/mol. The summed E-state index contributed by atoms with van der Waals surface area (Å²) in [5.41, 5.74) is 0.645. The first-order valence-electron chi connectivity index (χ1n) is 3.43. The first-order chi connectivity index (χ1) is 5.79. The number of dihydropyridines is 1. The van der Waals surface area contributed by atoms with Gasteiger partial charge in [-0.3, -0.25) is 9.79 Å². The summed E-state index contributed by atoms with van der Waals surface area (Å²) in [6.07, 6.45) is 3.02. The number of likely N-dealkylation sites (N-methyl/N-ethyl adjacent to an activating group) is 1. The van der Waals surface area contributed by atoms with Crippen molar-refractivity contribution in [2.24, 2.45) is 10.1 Å². The first kappa shape index (κ1) is 8.45. The lowest BCUT2D eigenvalue weighted by Gasteiger charge is -2.07. The number of amides is 1. The number of oxime groups is 1. The van der Waals surface area contributed by atoms with Gasteiger partial charge in [-0.2, -0.15) is 0 Å². The number of carbonyl (C=O) groups excluding carboxylic acids is 1. The lowest BCUT2D eigenvalue weighted by Crippen LogP contribution is -2.27. The topological polar surface area (TPSA) is 74.0 Å². The van der Waals surface area contributed by atoms with Crippen LogP contribution in [-0.4, -0.2) is 36.6 Å². The van der Waals surface area contributed by atoms with E-state index in [1.165, 1.54) is 19.3 Å². The molecule has 0 spiro atoms. The molecular formula is C7H9N3O2. The van der Waals surface area contributed by atoms with Crippen LogP contribution in [0.1, 0.15) is 0 Å². The summed E-state index contributed by atoms with van der Waals surface area (Å²) in [5.74, 6) is -0.269. The summed E-state index contributed by atoms with van der Waals surface area (Å²) in [7, 11) is 1.52. The van der Waals surface area contributed by atoms with E-state index in [-0.39, 0.29) is 18.2 Å². The molecule has 1 rings (SSSR count). The summed E-state index contributed by atoms with van der Waals surface area (Å²) < 4.78 is 0. The van der Waals surface area contributed by atoms with E-state index in [0.29, 0.717) is 5.57 Å². The Labute approximate surface area is 69.5 Å². The molecule has 5 nitrogen and oxygen atoms in total. The highest BCUT2D eigenvalue weighted by molar-refractivity contribution is 6.25. The van der Waals surface area contributed by atoms with Gasteiger partial charge in [-0.1, -0.05) is 5.16 Å². The molecule has 0 fully saturated rings. The third-order valence-corrected chi connectivity index (χ3v) is 1.49. The third kappa shape index (κ3) is 1.50. The zero-order valence-corrected chi connectivity index (χ0v) is 6.61. The van der Waals surface area contributed by atoms with Crippen molar-refractivity contribution in [3.63, 3.8) is 0 Å². The van der Waals surface area contributed by atoms with Crippen LogP contribution in [0.15, 0.2) is 21.8 Å². The quantitative estimate of drug-likeness (QED) is 0.411. The van der Waals surface area contributed by atoms with Crippen LogP contribution in [0.5, 0.6) is 0 Å². The Hall–Kier alpha value is -1.65. The van der Waals surface area contributed by atoms with Crippen molar-refractivity contribution < 1.29 is 10.0 Å². The summed E-state index contributed by atoms with van der Waals surface area (Å²) in [6, 6.07) is 0. The molecule has 0 aliphatic carbocycles. The Balaban J connectivity index is 2.91. The number of rotatable bonds is 1. The number of nitrogens with zero attached hydrogens (tertiary/aromatic N) is 2. The molecule has 12 heavy (non-hydrogen) atoms. The SMILES string of the molecule is CNC(=O)C1=CC=NCC1=NO. The van der Waals surface area contributed by atoms with Crippen LogP contribution in [0.4, 0.5) is 0 Å². The van der Waals surface area contributed by atoms with Crippen molar-refractivity contribution >= 4 is 17.8 Å². The molecule has 0 aromatic carbocycles. The van der Waals surface area contributed by atoms with Crippen LogP contribution in [0, 0.1) is 0 Å². The third-order valence-electron chi connectivity index (χ3n) is 1.49. The molecule has 0 saturated heterocycles. The van der Waals surface area contributed by atoms with Crippen LogP contribution in [0.25, 0.3) is 0 Å². The van der Waals surface area contributed by atoms with Crippen LogP contribution >= 0.6 is 0 Å². The van der Waals surface area contributed by atoms with Gasteiger partial charge in [-0.15, -0.1) is 0 Å². The number of hydrogen-bond acceptors (Lipinski definition) is 4. The number of allylic oxidation sites excluding steroid dienone is 1. The van der Waals surface area contributed by atoms with Crippen LogP contribution < -0.4 is 5.32 Å². The molecule has 0 radical (unpaired) electrons. The minimum Gasteiger partial charge on any atom is -0.411 e. The Morgan fingerprint density at radius 3 is 3.17 bits per heavy atom. The molecule has 5 heteroatoms. The summed E-state index contributed by atoms with van der Waals surface area (Å²) >= 11 is 0. The second kappa shape index (κ2) is 3.66. The normalized spacial score (nSPS) is 19.1. The highest BCUT2D eigenvalue weighted by Gasteiger charge is 2.16. The van der Waals surface area contributed by atoms with Crippen LogP contribution in [0.3, 0.4) is 0 Å². The molecule has 1 heterocycles. The molecular weight excluding hydrogens is 158 g/mol.